The molecule has 1 aliphatic heterocycles. The van der Waals surface area contributed by atoms with E-state index in [1.807, 2.05) is 43.8 Å². The molecule has 0 aliphatic carbocycles. The van der Waals surface area contributed by atoms with Gasteiger partial charge >= 0.3 is 0 Å². The normalized spacial score (nSPS) is 19.2. The first-order chi connectivity index (χ1) is 11.6. The molecule has 1 aliphatic rings. The van der Waals surface area contributed by atoms with Crippen molar-refractivity contribution in [2.45, 2.75) is 32.4 Å². The van der Waals surface area contributed by atoms with Gasteiger partial charge in [-0.25, -0.2) is 0 Å². The molecule has 2 unspecified atom stereocenters. The van der Waals surface area contributed by atoms with E-state index in [-0.39, 0.29) is 18.0 Å². The van der Waals surface area contributed by atoms with Crippen molar-refractivity contribution < 1.29 is 13.9 Å². The molecule has 5 nitrogen and oxygen atoms in total. The van der Waals surface area contributed by atoms with Gasteiger partial charge in [-0.2, -0.15) is 11.8 Å². The Hall–Kier alpha value is -1.66. The zero-order chi connectivity index (χ0) is 17.1. The van der Waals surface area contributed by atoms with Crippen molar-refractivity contribution >= 4 is 28.6 Å². The Morgan fingerprint density at radius 1 is 1.54 bits per heavy atom. The molecular weight excluding hydrogens is 324 g/mol. The maximum Gasteiger partial charge on any atom is 0.222 e. The van der Waals surface area contributed by atoms with Crippen LogP contribution in [-0.4, -0.2) is 37.1 Å². The second kappa shape index (κ2) is 7.49. The van der Waals surface area contributed by atoms with Crippen LogP contribution in [0.15, 0.2) is 22.6 Å². The predicted molar refractivity (Wildman–Crippen MR) is 97.8 cm³/mol. The zero-order valence-corrected chi connectivity index (χ0v) is 15.2. The summed E-state index contributed by atoms with van der Waals surface area (Å²) in [5.41, 5.74) is 1.86. The number of amides is 1. The fourth-order valence-electron chi connectivity index (χ4n) is 3.10. The van der Waals surface area contributed by atoms with E-state index >= 15 is 0 Å². The Kier molecular flexibility index (Phi) is 5.36. The average Bonchev–Trinajstić information content (AvgIpc) is 2.92. The Bertz CT molecular complexity index is 722. The van der Waals surface area contributed by atoms with Crippen LogP contribution < -0.4 is 15.4 Å². The van der Waals surface area contributed by atoms with Gasteiger partial charge in [-0.1, -0.05) is 0 Å². The van der Waals surface area contributed by atoms with Crippen LogP contribution in [0.25, 0.3) is 11.0 Å². The molecule has 2 N–H and O–H groups in total. The Morgan fingerprint density at radius 2 is 2.38 bits per heavy atom. The van der Waals surface area contributed by atoms with Crippen LogP contribution >= 0.6 is 11.8 Å². The number of rotatable bonds is 5. The molecule has 1 saturated heterocycles. The Morgan fingerprint density at radius 3 is 3.08 bits per heavy atom. The summed E-state index contributed by atoms with van der Waals surface area (Å²) in [4.78, 5) is 12.3. The minimum atomic E-state index is -0.160. The molecule has 0 radical (unpaired) electrons. The maximum atomic E-state index is 12.3. The fourth-order valence-corrected chi connectivity index (χ4v) is 4.05. The van der Waals surface area contributed by atoms with Gasteiger partial charge < -0.3 is 19.8 Å². The third-order valence-electron chi connectivity index (χ3n) is 4.38. The van der Waals surface area contributed by atoms with Gasteiger partial charge in [0.05, 0.1) is 13.2 Å². The smallest absolute Gasteiger partial charge is 0.222 e. The lowest BCUT2D eigenvalue weighted by Crippen LogP contribution is -2.41. The van der Waals surface area contributed by atoms with E-state index in [9.17, 15) is 4.79 Å². The molecule has 1 amide bonds. The predicted octanol–water partition coefficient (Wildman–Crippen LogP) is 3.02. The number of fused-ring (bicyclic) bond motifs is 1. The van der Waals surface area contributed by atoms with Gasteiger partial charge in [-0.15, -0.1) is 0 Å². The van der Waals surface area contributed by atoms with Gasteiger partial charge in [0.15, 0.2) is 0 Å². The van der Waals surface area contributed by atoms with E-state index < -0.39 is 0 Å². The van der Waals surface area contributed by atoms with E-state index in [4.69, 9.17) is 9.15 Å². The third kappa shape index (κ3) is 3.70. The highest BCUT2D eigenvalue weighted by Crippen LogP contribution is 2.31. The summed E-state index contributed by atoms with van der Waals surface area (Å²) in [6.45, 7) is 4.95. The van der Waals surface area contributed by atoms with Crippen molar-refractivity contribution in [1.82, 2.24) is 10.6 Å². The summed E-state index contributed by atoms with van der Waals surface area (Å²) in [6, 6.07) is 5.85. The van der Waals surface area contributed by atoms with Crippen molar-refractivity contribution in [3.05, 3.63) is 29.5 Å². The topological polar surface area (TPSA) is 63.5 Å². The number of carbonyl (C=O) groups excluding carboxylic acids is 1. The summed E-state index contributed by atoms with van der Waals surface area (Å²) in [7, 11) is 1.65. The minimum absolute atomic E-state index is 0.0555. The molecule has 2 heterocycles. The summed E-state index contributed by atoms with van der Waals surface area (Å²) in [5.74, 6) is 3.77. The van der Waals surface area contributed by atoms with E-state index in [0.29, 0.717) is 6.42 Å². The van der Waals surface area contributed by atoms with Gasteiger partial charge in [-0.3, -0.25) is 4.79 Å². The standard InChI is InChI=1S/C18H24N2O3S/c1-11-15-9-14(22-3)4-5-16(15)23-18(11)12(2)20-17(21)8-13-10-24-7-6-19-13/h4-5,9,12-13,19H,6-8,10H2,1-3H3,(H,20,21). The first kappa shape index (κ1) is 17.2. The number of ether oxygens (including phenoxy) is 1. The molecule has 130 valence electrons. The first-order valence-electron chi connectivity index (χ1n) is 8.26. The van der Waals surface area contributed by atoms with Crippen molar-refractivity contribution in [2.24, 2.45) is 0 Å². The van der Waals surface area contributed by atoms with E-state index in [2.05, 4.69) is 10.6 Å². The van der Waals surface area contributed by atoms with Gasteiger partial charge in [0.1, 0.15) is 17.1 Å². The fraction of sp³-hybridized carbons (Fsp3) is 0.500. The third-order valence-corrected chi connectivity index (χ3v) is 5.51. The average molecular weight is 348 g/mol. The number of aryl methyl sites for hydroxylation is 1. The van der Waals surface area contributed by atoms with Crippen molar-refractivity contribution in [1.29, 1.82) is 0 Å². The van der Waals surface area contributed by atoms with E-state index in [0.717, 1.165) is 46.1 Å². The molecule has 2 atom stereocenters. The lowest BCUT2D eigenvalue weighted by Gasteiger charge is -2.23. The number of benzene rings is 1. The van der Waals surface area contributed by atoms with Crippen LogP contribution in [0.4, 0.5) is 0 Å². The van der Waals surface area contributed by atoms with Crippen molar-refractivity contribution in [3.8, 4) is 5.75 Å². The largest absolute Gasteiger partial charge is 0.497 e. The molecule has 2 aromatic rings. The number of nitrogens with one attached hydrogen (secondary N) is 2. The molecule has 1 aromatic carbocycles. The minimum Gasteiger partial charge on any atom is -0.497 e. The Balaban J connectivity index is 1.70. The highest BCUT2D eigenvalue weighted by atomic mass is 32.2. The SMILES string of the molecule is COc1ccc2oc(C(C)NC(=O)CC3CSCCN3)c(C)c2c1. The lowest BCUT2D eigenvalue weighted by molar-refractivity contribution is -0.122. The van der Waals surface area contributed by atoms with Crippen molar-refractivity contribution in [3.63, 3.8) is 0 Å². The number of carbonyl (C=O) groups is 1. The second-order valence-corrected chi connectivity index (χ2v) is 7.32. The van der Waals surface area contributed by atoms with Crippen LogP contribution in [0.1, 0.15) is 30.7 Å². The highest BCUT2D eigenvalue weighted by molar-refractivity contribution is 7.99. The number of thioether (sulfide) groups is 1. The molecule has 6 heteroatoms. The second-order valence-electron chi connectivity index (χ2n) is 6.17. The molecule has 0 bridgehead atoms. The quantitative estimate of drug-likeness (QED) is 0.870. The summed E-state index contributed by atoms with van der Waals surface area (Å²) >= 11 is 1.90. The van der Waals surface area contributed by atoms with Gasteiger partial charge in [0, 0.05) is 41.5 Å². The van der Waals surface area contributed by atoms with Gasteiger partial charge in [0.2, 0.25) is 5.91 Å². The monoisotopic (exact) mass is 348 g/mol. The molecule has 0 spiro atoms. The van der Waals surface area contributed by atoms with Crippen LogP contribution in [0.2, 0.25) is 0 Å². The molecule has 1 fully saturated rings. The summed E-state index contributed by atoms with van der Waals surface area (Å²) < 4.78 is 11.2. The number of hydrogen-bond acceptors (Lipinski definition) is 5. The first-order valence-corrected chi connectivity index (χ1v) is 9.41. The van der Waals surface area contributed by atoms with E-state index in [1.165, 1.54) is 0 Å². The van der Waals surface area contributed by atoms with E-state index in [1.54, 1.807) is 7.11 Å². The summed E-state index contributed by atoms with van der Waals surface area (Å²) in [5, 5.41) is 7.47. The summed E-state index contributed by atoms with van der Waals surface area (Å²) in [6.07, 6.45) is 0.504. The van der Waals surface area contributed by atoms with Crippen molar-refractivity contribution in [2.75, 3.05) is 25.2 Å². The molecule has 24 heavy (non-hydrogen) atoms. The zero-order valence-electron chi connectivity index (χ0n) is 14.3. The molecular formula is C18H24N2O3S. The molecule has 3 rings (SSSR count). The van der Waals surface area contributed by atoms with Crippen LogP contribution in [0, 0.1) is 6.92 Å². The van der Waals surface area contributed by atoms with Crippen LogP contribution in [0.5, 0.6) is 5.75 Å². The molecule has 1 aromatic heterocycles. The number of hydrogen-bond donors (Lipinski definition) is 2. The number of methoxy groups -OCH3 is 1. The Labute approximate surface area is 146 Å². The van der Waals surface area contributed by atoms with Crippen LogP contribution in [0.3, 0.4) is 0 Å². The maximum absolute atomic E-state index is 12.3. The molecule has 0 saturated carbocycles. The van der Waals surface area contributed by atoms with Crippen LogP contribution in [-0.2, 0) is 4.79 Å². The van der Waals surface area contributed by atoms with Gasteiger partial charge in [-0.05, 0) is 32.0 Å². The lowest BCUT2D eigenvalue weighted by atomic mass is 10.1. The highest BCUT2D eigenvalue weighted by Gasteiger charge is 2.21. The van der Waals surface area contributed by atoms with Gasteiger partial charge in [0.25, 0.3) is 0 Å². The number of furan rings is 1.